The first-order valence-corrected chi connectivity index (χ1v) is 5.70. The van der Waals surface area contributed by atoms with Crippen molar-refractivity contribution in [1.29, 1.82) is 0 Å². The molecule has 0 bridgehead atoms. The number of aryl methyl sites for hydroxylation is 1. The first kappa shape index (κ1) is 11.4. The van der Waals surface area contributed by atoms with Crippen LogP contribution in [-0.2, 0) is 6.42 Å². The van der Waals surface area contributed by atoms with Crippen LogP contribution < -0.4 is 11.1 Å². The summed E-state index contributed by atoms with van der Waals surface area (Å²) >= 11 is 0. The van der Waals surface area contributed by atoms with Crippen LogP contribution in [0.5, 0.6) is 0 Å². The van der Waals surface area contributed by atoms with Crippen LogP contribution in [0, 0.1) is 0 Å². The Labute approximate surface area is 101 Å². The van der Waals surface area contributed by atoms with Crippen LogP contribution in [0.1, 0.15) is 12.0 Å². The second kappa shape index (κ2) is 5.84. The molecule has 0 unspecified atom stereocenters. The van der Waals surface area contributed by atoms with Crippen molar-refractivity contribution in [3.8, 4) is 0 Å². The Morgan fingerprint density at radius 1 is 1.12 bits per heavy atom. The minimum absolute atomic E-state index is 0.491. The third kappa shape index (κ3) is 3.75. The van der Waals surface area contributed by atoms with Crippen molar-refractivity contribution in [2.24, 2.45) is 0 Å². The number of hydrogen-bond acceptors (Lipinski definition) is 4. The van der Waals surface area contributed by atoms with Crippen LogP contribution in [0.2, 0.25) is 0 Å². The normalized spacial score (nSPS) is 10.1. The average Bonchev–Trinajstić information content (AvgIpc) is 2.36. The van der Waals surface area contributed by atoms with Gasteiger partial charge in [-0.2, -0.15) is 0 Å². The van der Waals surface area contributed by atoms with Crippen LogP contribution in [0.3, 0.4) is 0 Å². The Bertz CT molecular complexity index is 456. The largest absolute Gasteiger partial charge is 0.384 e. The third-order valence-corrected chi connectivity index (χ3v) is 2.48. The van der Waals surface area contributed by atoms with E-state index in [1.807, 2.05) is 6.07 Å². The predicted octanol–water partition coefficient (Wildman–Crippen LogP) is 2.10. The summed E-state index contributed by atoms with van der Waals surface area (Å²) in [6.07, 6.45) is 3.59. The molecule has 17 heavy (non-hydrogen) atoms. The van der Waals surface area contributed by atoms with E-state index in [9.17, 15) is 0 Å². The van der Waals surface area contributed by atoms with E-state index in [2.05, 4.69) is 39.6 Å². The molecule has 4 heteroatoms. The number of hydrogen-bond donors (Lipinski definition) is 2. The van der Waals surface area contributed by atoms with Gasteiger partial charge in [0.15, 0.2) is 0 Å². The molecule has 0 fully saturated rings. The molecule has 1 heterocycles. The quantitative estimate of drug-likeness (QED) is 0.769. The molecule has 0 atom stereocenters. The van der Waals surface area contributed by atoms with Crippen molar-refractivity contribution in [3.63, 3.8) is 0 Å². The van der Waals surface area contributed by atoms with E-state index in [1.54, 1.807) is 6.07 Å². The Morgan fingerprint density at radius 3 is 2.71 bits per heavy atom. The Morgan fingerprint density at radius 2 is 1.94 bits per heavy atom. The highest BCUT2D eigenvalue weighted by Crippen LogP contribution is 2.06. The lowest BCUT2D eigenvalue weighted by molar-refractivity contribution is 0.858. The first-order valence-electron chi connectivity index (χ1n) is 5.70. The molecule has 0 aliphatic carbocycles. The van der Waals surface area contributed by atoms with Crippen molar-refractivity contribution >= 4 is 11.6 Å². The molecule has 0 aliphatic heterocycles. The number of benzene rings is 1. The van der Waals surface area contributed by atoms with Gasteiger partial charge in [-0.1, -0.05) is 30.3 Å². The van der Waals surface area contributed by atoms with Gasteiger partial charge >= 0.3 is 0 Å². The molecular weight excluding hydrogens is 212 g/mol. The van der Waals surface area contributed by atoms with Gasteiger partial charge in [0.25, 0.3) is 0 Å². The summed E-state index contributed by atoms with van der Waals surface area (Å²) in [7, 11) is 0. The fourth-order valence-corrected chi connectivity index (χ4v) is 1.62. The maximum Gasteiger partial charge on any atom is 0.131 e. The SMILES string of the molecule is Nc1cc(NCCCc2ccccc2)ncn1. The minimum Gasteiger partial charge on any atom is -0.384 e. The fourth-order valence-electron chi connectivity index (χ4n) is 1.62. The zero-order valence-corrected chi connectivity index (χ0v) is 9.63. The standard InChI is InChI=1S/C13H16N4/c14-12-9-13(17-10-16-12)15-8-4-7-11-5-2-1-3-6-11/h1-3,5-6,9-10H,4,7-8H2,(H3,14,15,16,17). The zero-order valence-electron chi connectivity index (χ0n) is 9.63. The molecule has 2 aromatic rings. The minimum atomic E-state index is 0.491. The van der Waals surface area contributed by atoms with Gasteiger partial charge in [-0.05, 0) is 18.4 Å². The van der Waals surface area contributed by atoms with Crippen molar-refractivity contribution in [2.45, 2.75) is 12.8 Å². The van der Waals surface area contributed by atoms with E-state index in [0.717, 1.165) is 25.2 Å². The Balaban J connectivity index is 1.73. The molecule has 0 aliphatic rings. The van der Waals surface area contributed by atoms with E-state index in [-0.39, 0.29) is 0 Å². The monoisotopic (exact) mass is 228 g/mol. The molecular formula is C13H16N4. The van der Waals surface area contributed by atoms with E-state index >= 15 is 0 Å². The summed E-state index contributed by atoms with van der Waals surface area (Å²) in [5.41, 5.74) is 6.92. The molecule has 2 rings (SSSR count). The van der Waals surface area contributed by atoms with E-state index in [0.29, 0.717) is 5.82 Å². The number of nitrogens with two attached hydrogens (primary N) is 1. The molecule has 0 saturated heterocycles. The van der Waals surface area contributed by atoms with Gasteiger partial charge in [-0.25, -0.2) is 9.97 Å². The molecule has 88 valence electrons. The maximum absolute atomic E-state index is 5.56. The van der Waals surface area contributed by atoms with Crippen LogP contribution >= 0.6 is 0 Å². The molecule has 1 aromatic heterocycles. The summed E-state index contributed by atoms with van der Waals surface area (Å²) in [5.74, 6) is 1.27. The molecule has 0 radical (unpaired) electrons. The summed E-state index contributed by atoms with van der Waals surface area (Å²) in [6, 6.07) is 12.2. The summed E-state index contributed by atoms with van der Waals surface area (Å²) in [6.45, 7) is 0.880. The van der Waals surface area contributed by atoms with Crippen molar-refractivity contribution in [1.82, 2.24) is 9.97 Å². The van der Waals surface area contributed by atoms with Gasteiger partial charge in [-0.3, -0.25) is 0 Å². The van der Waals surface area contributed by atoms with Crippen molar-refractivity contribution < 1.29 is 0 Å². The van der Waals surface area contributed by atoms with Crippen LogP contribution in [0.25, 0.3) is 0 Å². The molecule has 0 saturated carbocycles. The van der Waals surface area contributed by atoms with E-state index in [4.69, 9.17) is 5.73 Å². The fraction of sp³-hybridized carbons (Fsp3) is 0.231. The summed E-state index contributed by atoms with van der Waals surface area (Å²) in [5, 5.41) is 3.22. The molecule has 3 N–H and O–H groups in total. The number of nitrogens with one attached hydrogen (secondary N) is 1. The van der Waals surface area contributed by atoms with Crippen molar-refractivity contribution in [2.75, 3.05) is 17.6 Å². The molecule has 0 spiro atoms. The number of nitrogen functional groups attached to an aromatic ring is 1. The number of aromatic nitrogens is 2. The second-order valence-electron chi connectivity index (χ2n) is 3.84. The van der Waals surface area contributed by atoms with Gasteiger partial charge in [0.05, 0.1) is 0 Å². The highest BCUT2D eigenvalue weighted by atomic mass is 15.0. The first-order chi connectivity index (χ1) is 8.34. The van der Waals surface area contributed by atoms with E-state index in [1.165, 1.54) is 11.9 Å². The van der Waals surface area contributed by atoms with Gasteiger partial charge in [0, 0.05) is 12.6 Å². The predicted molar refractivity (Wildman–Crippen MR) is 69.7 cm³/mol. The lowest BCUT2D eigenvalue weighted by Crippen LogP contribution is -2.05. The maximum atomic E-state index is 5.56. The Kier molecular flexibility index (Phi) is 3.91. The van der Waals surface area contributed by atoms with Crippen molar-refractivity contribution in [3.05, 3.63) is 48.3 Å². The molecule has 4 nitrogen and oxygen atoms in total. The average molecular weight is 228 g/mol. The van der Waals surface area contributed by atoms with E-state index < -0.39 is 0 Å². The highest BCUT2D eigenvalue weighted by Gasteiger charge is 1.95. The van der Waals surface area contributed by atoms with Gasteiger partial charge in [0.1, 0.15) is 18.0 Å². The van der Waals surface area contributed by atoms with Gasteiger partial charge in [0.2, 0.25) is 0 Å². The van der Waals surface area contributed by atoms with Crippen LogP contribution in [0.15, 0.2) is 42.7 Å². The number of nitrogens with zero attached hydrogens (tertiary/aromatic N) is 2. The van der Waals surface area contributed by atoms with Crippen LogP contribution in [0.4, 0.5) is 11.6 Å². The number of anilines is 2. The van der Waals surface area contributed by atoms with Gasteiger partial charge < -0.3 is 11.1 Å². The summed E-state index contributed by atoms with van der Waals surface area (Å²) < 4.78 is 0. The third-order valence-electron chi connectivity index (χ3n) is 2.48. The van der Waals surface area contributed by atoms with Crippen LogP contribution in [-0.4, -0.2) is 16.5 Å². The molecule has 0 amide bonds. The highest BCUT2D eigenvalue weighted by molar-refractivity contribution is 5.43. The molecule has 1 aromatic carbocycles. The smallest absolute Gasteiger partial charge is 0.131 e. The van der Waals surface area contributed by atoms with Gasteiger partial charge in [-0.15, -0.1) is 0 Å². The zero-order chi connectivity index (χ0) is 11.9. The Hall–Kier alpha value is -2.10. The lowest BCUT2D eigenvalue weighted by atomic mass is 10.1. The number of rotatable bonds is 5. The second-order valence-corrected chi connectivity index (χ2v) is 3.84. The lowest BCUT2D eigenvalue weighted by Gasteiger charge is -2.05. The summed E-state index contributed by atoms with van der Waals surface area (Å²) in [4.78, 5) is 7.92. The topological polar surface area (TPSA) is 63.8 Å².